The Morgan fingerprint density at radius 2 is 2.06 bits per heavy atom. The third kappa shape index (κ3) is 1.62. The van der Waals surface area contributed by atoms with E-state index in [1.54, 1.807) is 0 Å². The zero-order valence-electron chi connectivity index (χ0n) is 9.91. The van der Waals surface area contributed by atoms with Crippen molar-refractivity contribution in [1.82, 2.24) is 9.78 Å². The highest BCUT2D eigenvalue weighted by atomic mass is 79.9. The molecule has 0 amide bonds. The molecule has 1 aliphatic rings. The molecule has 0 atom stereocenters. The van der Waals surface area contributed by atoms with Gasteiger partial charge in [0, 0.05) is 18.0 Å². The molecule has 17 heavy (non-hydrogen) atoms. The molecule has 1 aromatic carbocycles. The molecule has 1 fully saturated rings. The van der Waals surface area contributed by atoms with Crippen molar-refractivity contribution in [3.8, 4) is 0 Å². The van der Waals surface area contributed by atoms with Gasteiger partial charge in [-0.3, -0.25) is 4.68 Å². The number of aryl methyl sites for hydroxylation is 1. The van der Waals surface area contributed by atoms with Crippen molar-refractivity contribution >= 4 is 26.8 Å². The van der Waals surface area contributed by atoms with E-state index in [0.717, 1.165) is 23.0 Å². The minimum atomic E-state index is -0.162. The van der Waals surface area contributed by atoms with Crippen molar-refractivity contribution in [3.05, 3.63) is 28.4 Å². The van der Waals surface area contributed by atoms with Crippen LogP contribution in [-0.2, 0) is 12.6 Å². The molecule has 0 unspecified atom stereocenters. The molecule has 2 aromatic rings. The molecule has 3 nitrogen and oxygen atoms in total. The molecule has 0 aliphatic heterocycles. The summed E-state index contributed by atoms with van der Waals surface area (Å²) in [6.07, 6.45) is 4.61. The zero-order chi connectivity index (χ0) is 12.0. The van der Waals surface area contributed by atoms with Gasteiger partial charge < -0.3 is 5.73 Å². The zero-order valence-corrected chi connectivity index (χ0v) is 11.5. The van der Waals surface area contributed by atoms with Crippen LogP contribution in [-0.4, -0.2) is 9.78 Å². The molecule has 1 saturated carbocycles. The lowest BCUT2D eigenvalue weighted by atomic mass is 9.87. The van der Waals surface area contributed by atoms with Gasteiger partial charge in [-0.15, -0.1) is 0 Å². The van der Waals surface area contributed by atoms with E-state index in [2.05, 4.69) is 39.2 Å². The van der Waals surface area contributed by atoms with Crippen LogP contribution in [0.25, 0.3) is 10.9 Å². The minimum Gasteiger partial charge on any atom is -0.321 e. The Hall–Kier alpha value is -0.870. The first-order chi connectivity index (χ1) is 8.12. The van der Waals surface area contributed by atoms with Crippen LogP contribution in [0.4, 0.5) is 0 Å². The van der Waals surface area contributed by atoms with Crippen LogP contribution in [0.15, 0.2) is 22.8 Å². The number of nitrogens with two attached hydrogens (primary N) is 1. The lowest BCUT2D eigenvalue weighted by Crippen LogP contribution is -2.33. The van der Waals surface area contributed by atoms with Gasteiger partial charge in [0.1, 0.15) is 4.60 Å². The van der Waals surface area contributed by atoms with Crippen LogP contribution < -0.4 is 5.73 Å². The van der Waals surface area contributed by atoms with Gasteiger partial charge in [0.25, 0.3) is 0 Å². The quantitative estimate of drug-likeness (QED) is 0.878. The summed E-state index contributed by atoms with van der Waals surface area (Å²) in [6, 6.07) is 6.33. The minimum absolute atomic E-state index is 0.162. The van der Waals surface area contributed by atoms with Gasteiger partial charge in [-0.1, -0.05) is 25.0 Å². The summed E-state index contributed by atoms with van der Waals surface area (Å²) in [7, 11) is 1.97. The number of hydrogen-bond acceptors (Lipinski definition) is 2. The summed E-state index contributed by atoms with van der Waals surface area (Å²) in [5.41, 5.74) is 8.79. The van der Waals surface area contributed by atoms with Crippen molar-refractivity contribution in [2.24, 2.45) is 12.8 Å². The van der Waals surface area contributed by atoms with E-state index in [9.17, 15) is 0 Å². The van der Waals surface area contributed by atoms with Crippen LogP contribution in [0.5, 0.6) is 0 Å². The average Bonchev–Trinajstić information content (AvgIpc) is 2.86. The Balaban J connectivity index is 2.29. The van der Waals surface area contributed by atoms with E-state index < -0.39 is 0 Å². The second kappa shape index (κ2) is 3.82. The summed E-state index contributed by atoms with van der Waals surface area (Å²) in [5, 5.41) is 5.61. The maximum atomic E-state index is 6.57. The Kier molecular flexibility index (Phi) is 2.52. The normalized spacial score (nSPS) is 19.0. The lowest BCUT2D eigenvalue weighted by molar-refractivity contribution is 0.466. The van der Waals surface area contributed by atoms with Crippen molar-refractivity contribution in [1.29, 1.82) is 0 Å². The Morgan fingerprint density at radius 3 is 2.76 bits per heavy atom. The van der Waals surface area contributed by atoms with Gasteiger partial charge in [-0.2, -0.15) is 5.10 Å². The highest BCUT2D eigenvalue weighted by Crippen LogP contribution is 2.41. The third-order valence-electron chi connectivity index (χ3n) is 3.87. The van der Waals surface area contributed by atoms with E-state index in [0.29, 0.717) is 0 Å². The summed E-state index contributed by atoms with van der Waals surface area (Å²) in [6.45, 7) is 0. The number of nitrogens with zero attached hydrogens (tertiary/aromatic N) is 2. The number of fused-ring (bicyclic) bond motifs is 1. The van der Waals surface area contributed by atoms with E-state index >= 15 is 0 Å². The van der Waals surface area contributed by atoms with Crippen LogP contribution in [0, 0.1) is 0 Å². The fraction of sp³-hybridized carbons (Fsp3) is 0.462. The van der Waals surface area contributed by atoms with E-state index in [-0.39, 0.29) is 5.54 Å². The largest absolute Gasteiger partial charge is 0.321 e. The maximum absolute atomic E-state index is 6.57. The van der Waals surface area contributed by atoms with Gasteiger partial charge in [0.05, 0.1) is 5.52 Å². The van der Waals surface area contributed by atoms with Crippen molar-refractivity contribution in [2.45, 2.75) is 31.2 Å². The predicted molar refractivity (Wildman–Crippen MR) is 72.7 cm³/mol. The smallest absolute Gasteiger partial charge is 0.136 e. The van der Waals surface area contributed by atoms with Gasteiger partial charge in [-0.25, -0.2) is 0 Å². The van der Waals surface area contributed by atoms with Gasteiger partial charge in [0.15, 0.2) is 0 Å². The van der Waals surface area contributed by atoms with Crippen LogP contribution in [0.1, 0.15) is 31.2 Å². The Labute approximate surface area is 109 Å². The molecule has 0 saturated heterocycles. The van der Waals surface area contributed by atoms with E-state index in [4.69, 9.17) is 5.73 Å². The predicted octanol–water partition coefficient (Wildman–Crippen LogP) is 3.06. The SMILES string of the molecule is Cn1nc(Br)c2c(C3(N)CCCC3)cccc21. The van der Waals surface area contributed by atoms with E-state index in [1.807, 2.05) is 11.7 Å². The number of halogens is 1. The lowest BCUT2D eigenvalue weighted by Gasteiger charge is -2.25. The highest BCUT2D eigenvalue weighted by Gasteiger charge is 2.33. The topological polar surface area (TPSA) is 43.8 Å². The molecule has 1 heterocycles. The number of aromatic nitrogens is 2. The fourth-order valence-corrected chi connectivity index (χ4v) is 3.61. The van der Waals surface area contributed by atoms with Crippen molar-refractivity contribution < 1.29 is 0 Å². The van der Waals surface area contributed by atoms with Gasteiger partial charge >= 0.3 is 0 Å². The molecule has 0 radical (unpaired) electrons. The highest BCUT2D eigenvalue weighted by molar-refractivity contribution is 9.10. The van der Waals surface area contributed by atoms with Crippen molar-refractivity contribution in [2.75, 3.05) is 0 Å². The summed E-state index contributed by atoms with van der Waals surface area (Å²) < 4.78 is 2.81. The molecule has 0 bridgehead atoms. The number of rotatable bonds is 1. The first-order valence-corrected chi connectivity index (χ1v) is 6.82. The average molecular weight is 294 g/mol. The summed E-state index contributed by atoms with van der Waals surface area (Å²) in [4.78, 5) is 0. The van der Waals surface area contributed by atoms with Gasteiger partial charge in [-0.05, 0) is 40.4 Å². The summed E-state index contributed by atoms with van der Waals surface area (Å²) in [5.74, 6) is 0. The summed E-state index contributed by atoms with van der Waals surface area (Å²) >= 11 is 3.55. The first kappa shape index (κ1) is 11.2. The van der Waals surface area contributed by atoms with Crippen LogP contribution in [0.2, 0.25) is 0 Å². The Bertz CT molecular complexity index is 567. The number of benzene rings is 1. The second-order valence-electron chi connectivity index (χ2n) is 4.98. The van der Waals surface area contributed by atoms with Crippen LogP contribution in [0.3, 0.4) is 0 Å². The molecule has 2 N–H and O–H groups in total. The monoisotopic (exact) mass is 293 g/mol. The molecular weight excluding hydrogens is 278 g/mol. The molecule has 1 aliphatic carbocycles. The molecule has 1 aromatic heterocycles. The molecule has 4 heteroatoms. The van der Waals surface area contributed by atoms with E-state index in [1.165, 1.54) is 23.8 Å². The fourth-order valence-electron chi connectivity index (χ4n) is 2.95. The molecular formula is C13H16BrN3. The maximum Gasteiger partial charge on any atom is 0.136 e. The van der Waals surface area contributed by atoms with Gasteiger partial charge in [0.2, 0.25) is 0 Å². The first-order valence-electron chi connectivity index (χ1n) is 6.02. The second-order valence-corrected chi connectivity index (χ2v) is 5.73. The molecule has 0 spiro atoms. The van der Waals surface area contributed by atoms with Crippen LogP contribution >= 0.6 is 15.9 Å². The molecule has 3 rings (SSSR count). The standard InChI is InChI=1S/C13H16BrN3/c1-17-10-6-4-5-9(11(10)12(14)16-17)13(15)7-2-3-8-13/h4-6H,2-3,7-8,15H2,1H3. The third-order valence-corrected chi connectivity index (χ3v) is 4.42. The van der Waals surface area contributed by atoms with Crippen molar-refractivity contribution in [3.63, 3.8) is 0 Å². The number of hydrogen-bond donors (Lipinski definition) is 1. The Morgan fingerprint density at radius 1 is 1.35 bits per heavy atom. The molecule has 90 valence electrons.